The van der Waals surface area contributed by atoms with Crippen LogP contribution in [0.1, 0.15) is 23.6 Å². The van der Waals surface area contributed by atoms with Crippen LogP contribution in [0.25, 0.3) is 0 Å². The smallest absolute Gasteiger partial charge is 0.0519 e. The first-order valence-electron chi connectivity index (χ1n) is 6.72. The van der Waals surface area contributed by atoms with Gasteiger partial charge in [-0.2, -0.15) is 0 Å². The van der Waals surface area contributed by atoms with Gasteiger partial charge in [0.15, 0.2) is 0 Å². The molecule has 102 valence electrons. The number of hydrogen-bond acceptors (Lipinski definition) is 3. The highest BCUT2D eigenvalue weighted by atomic mass is 32.1. The first kappa shape index (κ1) is 14.1. The maximum absolute atomic E-state index is 3.46. The zero-order chi connectivity index (χ0) is 13.7. The first-order chi connectivity index (χ1) is 9.15. The van der Waals surface area contributed by atoms with E-state index in [-0.39, 0.29) is 0 Å². The van der Waals surface area contributed by atoms with Gasteiger partial charge in [0.2, 0.25) is 0 Å². The fraction of sp³-hybridized carbons (Fsp3) is 0.375. The van der Waals surface area contributed by atoms with Crippen LogP contribution in [0.4, 0.5) is 5.69 Å². The largest absolute Gasteiger partial charge is 0.369 e. The van der Waals surface area contributed by atoms with E-state index < -0.39 is 0 Å². The Morgan fingerprint density at radius 1 is 1.05 bits per heavy atom. The topological polar surface area (TPSA) is 15.3 Å². The molecule has 2 nitrogen and oxygen atoms in total. The van der Waals surface area contributed by atoms with Crippen molar-refractivity contribution >= 4 is 17.0 Å². The summed E-state index contributed by atoms with van der Waals surface area (Å²) in [6.45, 7) is 6.29. The summed E-state index contributed by atoms with van der Waals surface area (Å²) < 4.78 is 0. The molecule has 1 aromatic carbocycles. The highest BCUT2D eigenvalue weighted by molar-refractivity contribution is 7.12. The van der Waals surface area contributed by atoms with Gasteiger partial charge in [-0.05, 0) is 24.3 Å². The van der Waals surface area contributed by atoms with Gasteiger partial charge in [-0.25, -0.2) is 0 Å². The van der Waals surface area contributed by atoms with Crippen molar-refractivity contribution in [2.24, 2.45) is 0 Å². The van der Waals surface area contributed by atoms with Crippen molar-refractivity contribution in [1.29, 1.82) is 0 Å². The Balaban J connectivity index is 1.93. The van der Waals surface area contributed by atoms with Crippen LogP contribution in [0.15, 0.2) is 42.5 Å². The van der Waals surface area contributed by atoms with Gasteiger partial charge in [0.25, 0.3) is 0 Å². The number of nitrogens with one attached hydrogen (secondary N) is 1. The Morgan fingerprint density at radius 3 is 2.42 bits per heavy atom. The number of rotatable bonds is 6. The van der Waals surface area contributed by atoms with E-state index in [1.807, 2.05) is 11.3 Å². The normalized spacial score (nSPS) is 10.9. The van der Waals surface area contributed by atoms with Gasteiger partial charge in [-0.1, -0.05) is 32.0 Å². The van der Waals surface area contributed by atoms with Crippen molar-refractivity contribution in [2.75, 3.05) is 11.9 Å². The lowest BCUT2D eigenvalue weighted by Gasteiger charge is -2.18. The predicted octanol–water partition coefficient (Wildman–Crippen LogP) is 3.88. The molecule has 0 radical (unpaired) electrons. The van der Waals surface area contributed by atoms with Gasteiger partial charge in [0.1, 0.15) is 0 Å². The summed E-state index contributed by atoms with van der Waals surface area (Å²) in [4.78, 5) is 5.10. The monoisotopic (exact) mass is 274 g/mol. The lowest BCUT2D eigenvalue weighted by molar-refractivity contribution is 0.593. The van der Waals surface area contributed by atoms with E-state index in [1.165, 1.54) is 15.4 Å². The molecule has 0 aliphatic rings. The van der Waals surface area contributed by atoms with Crippen molar-refractivity contribution in [3.05, 3.63) is 52.2 Å². The molecule has 1 heterocycles. The highest BCUT2D eigenvalue weighted by Gasteiger charge is 2.05. The molecule has 0 atom stereocenters. The average Bonchev–Trinajstić information content (AvgIpc) is 2.85. The molecule has 0 bridgehead atoms. The van der Waals surface area contributed by atoms with E-state index in [0.29, 0.717) is 6.04 Å². The molecule has 3 heteroatoms. The SMILES string of the molecule is CC(C)NCc1ccc(CN(C)c2ccccc2)s1. The van der Waals surface area contributed by atoms with Crippen LogP contribution in [0.5, 0.6) is 0 Å². The van der Waals surface area contributed by atoms with Crippen molar-refractivity contribution in [2.45, 2.75) is 33.0 Å². The molecule has 0 spiro atoms. The van der Waals surface area contributed by atoms with Gasteiger partial charge in [0.05, 0.1) is 6.54 Å². The molecule has 0 unspecified atom stereocenters. The molecule has 1 aromatic heterocycles. The van der Waals surface area contributed by atoms with Gasteiger partial charge < -0.3 is 10.2 Å². The van der Waals surface area contributed by atoms with E-state index >= 15 is 0 Å². The third kappa shape index (κ3) is 4.37. The quantitative estimate of drug-likeness (QED) is 0.860. The third-order valence-electron chi connectivity index (χ3n) is 2.99. The fourth-order valence-electron chi connectivity index (χ4n) is 1.91. The van der Waals surface area contributed by atoms with E-state index in [2.05, 4.69) is 73.6 Å². The Bertz CT molecular complexity index is 490. The van der Waals surface area contributed by atoms with E-state index in [9.17, 15) is 0 Å². The average molecular weight is 274 g/mol. The summed E-state index contributed by atoms with van der Waals surface area (Å²) in [5, 5.41) is 3.46. The molecule has 0 aliphatic heterocycles. The second kappa shape index (κ2) is 6.73. The molecular formula is C16H22N2S. The highest BCUT2D eigenvalue weighted by Crippen LogP contribution is 2.21. The van der Waals surface area contributed by atoms with Crippen molar-refractivity contribution < 1.29 is 0 Å². The first-order valence-corrected chi connectivity index (χ1v) is 7.54. The third-order valence-corrected chi connectivity index (χ3v) is 4.06. The summed E-state index contributed by atoms with van der Waals surface area (Å²) in [6, 6.07) is 15.5. The van der Waals surface area contributed by atoms with Gasteiger partial charge in [-0.15, -0.1) is 11.3 Å². The number of hydrogen-bond donors (Lipinski definition) is 1. The van der Waals surface area contributed by atoms with Crippen molar-refractivity contribution in [3.8, 4) is 0 Å². The molecule has 1 N–H and O–H groups in total. The Hall–Kier alpha value is -1.32. The second-order valence-corrected chi connectivity index (χ2v) is 6.35. The summed E-state index contributed by atoms with van der Waals surface area (Å²) >= 11 is 1.89. The molecule has 0 fully saturated rings. The molecule has 0 amide bonds. The van der Waals surface area contributed by atoms with Crippen LogP contribution < -0.4 is 10.2 Å². The lowest BCUT2D eigenvalue weighted by Crippen LogP contribution is -2.21. The Morgan fingerprint density at radius 2 is 1.74 bits per heavy atom. The van der Waals surface area contributed by atoms with Crippen molar-refractivity contribution in [3.63, 3.8) is 0 Å². The van der Waals surface area contributed by atoms with Crippen LogP contribution >= 0.6 is 11.3 Å². The van der Waals surface area contributed by atoms with Gasteiger partial charge in [-0.3, -0.25) is 0 Å². The van der Waals surface area contributed by atoms with E-state index in [4.69, 9.17) is 0 Å². The van der Waals surface area contributed by atoms with E-state index in [1.54, 1.807) is 0 Å². The van der Waals surface area contributed by atoms with E-state index in [0.717, 1.165) is 13.1 Å². The van der Waals surface area contributed by atoms with Crippen LogP contribution in [-0.2, 0) is 13.1 Å². The van der Waals surface area contributed by atoms with Crippen LogP contribution in [0.3, 0.4) is 0 Å². The minimum Gasteiger partial charge on any atom is -0.369 e. The number of para-hydroxylation sites is 1. The summed E-state index contributed by atoms with van der Waals surface area (Å²) in [5.41, 5.74) is 1.26. The molecule has 2 aromatic rings. The standard InChI is InChI=1S/C16H22N2S/c1-13(2)17-11-15-9-10-16(19-15)12-18(3)14-7-5-4-6-8-14/h4-10,13,17H,11-12H2,1-3H3. The zero-order valence-electron chi connectivity index (χ0n) is 11.9. The molecular weight excluding hydrogens is 252 g/mol. The molecule has 0 aliphatic carbocycles. The predicted molar refractivity (Wildman–Crippen MR) is 84.8 cm³/mol. The minimum absolute atomic E-state index is 0.539. The maximum atomic E-state index is 3.46. The zero-order valence-corrected chi connectivity index (χ0v) is 12.7. The minimum atomic E-state index is 0.539. The number of thiophene rings is 1. The Kier molecular flexibility index (Phi) is 5.00. The summed E-state index contributed by atoms with van der Waals surface area (Å²) in [5.74, 6) is 0. The van der Waals surface area contributed by atoms with Crippen molar-refractivity contribution in [1.82, 2.24) is 5.32 Å². The van der Waals surface area contributed by atoms with Crippen LogP contribution in [0, 0.1) is 0 Å². The maximum Gasteiger partial charge on any atom is 0.0519 e. The lowest BCUT2D eigenvalue weighted by atomic mass is 10.3. The van der Waals surface area contributed by atoms with Gasteiger partial charge in [0, 0.05) is 35.1 Å². The second-order valence-electron chi connectivity index (χ2n) is 5.10. The Labute approximate surface area is 120 Å². The summed E-state index contributed by atoms with van der Waals surface area (Å²) in [7, 11) is 2.14. The molecule has 2 rings (SSSR count). The summed E-state index contributed by atoms with van der Waals surface area (Å²) in [6.07, 6.45) is 0. The number of anilines is 1. The molecule has 19 heavy (non-hydrogen) atoms. The fourth-order valence-corrected chi connectivity index (χ4v) is 2.94. The number of benzene rings is 1. The van der Waals surface area contributed by atoms with Crippen LogP contribution in [0.2, 0.25) is 0 Å². The molecule has 0 saturated carbocycles. The molecule has 0 saturated heterocycles. The van der Waals surface area contributed by atoms with Crippen LogP contribution in [-0.4, -0.2) is 13.1 Å². The van der Waals surface area contributed by atoms with Gasteiger partial charge >= 0.3 is 0 Å². The number of nitrogens with zero attached hydrogens (tertiary/aromatic N) is 1.